The van der Waals surface area contributed by atoms with Crippen LogP contribution < -0.4 is 34.2 Å². The fourth-order valence-corrected chi connectivity index (χ4v) is 12.6. The summed E-state index contributed by atoms with van der Waals surface area (Å²) in [6, 6.07) is 20.2. The molecule has 1 atom stereocenters. The number of likely N-dealkylation sites (tertiary alicyclic amines) is 1. The van der Waals surface area contributed by atoms with Crippen LogP contribution >= 0.6 is 0 Å². The number of rotatable bonds is 18. The molecule has 0 spiro atoms. The molecule has 2 aromatic heterocycles. The van der Waals surface area contributed by atoms with Gasteiger partial charge < -0.3 is 44.8 Å². The van der Waals surface area contributed by atoms with Crippen molar-refractivity contribution in [2.24, 2.45) is 17.8 Å². The number of para-hydroxylation sites is 1. The number of fused-ring (bicyclic) bond motifs is 2. The van der Waals surface area contributed by atoms with Gasteiger partial charge in [0.05, 0.1) is 47.5 Å². The lowest BCUT2D eigenvalue weighted by Crippen LogP contribution is -2.49. The Labute approximate surface area is 509 Å². The van der Waals surface area contributed by atoms with Crippen molar-refractivity contribution in [3.63, 3.8) is 0 Å². The summed E-state index contributed by atoms with van der Waals surface area (Å²) >= 11 is 0. The van der Waals surface area contributed by atoms with Crippen LogP contribution in [0.15, 0.2) is 85.1 Å². The van der Waals surface area contributed by atoms with Gasteiger partial charge in [0.25, 0.3) is 11.8 Å². The fraction of sp³-hybridized carbons (Fsp3) is 0.452. The van der Waals surface area contributed by atoms with Crippen molar-refractivity contribution in [2.75, 3.05) is 98.2 Å². The number of alkyl halides is 3. The van der Waals surface area contributed by atoms with Gasteiger partial charge in [0.2, 0.25) is 27.7 Å². The molecule has 0 aliphatic carbocycles. The molecule has 22 nitrogen and oxygen atoms in total. The van der Waals surface area contributed by atoms with E-state index in [2.05, 4.69) is 40.2 Å². The van der Waals surface area contributed by atoms with Crippen molar-refractivity contribution >= 4 is 68.2 Å². The number of aromatic hydroxyl groups is 1. The zero-order valence-corrected chi connectivity index (χ0v) is 51.2. The molecule has 3 N–H and O–H groups in total. The van der Waals surface area contributed by atoms with E-state index in [1.165, 1.54) is 21.7 Å². The van der Waals surface area contributed by atoms with Gasteiger partial charge in [-0.1, -0.05) is 45.0 Å². The van der Waals surface area contributed by atoms with E-state index in [-0.39, 0.29) is 63.4 Å². The van der Waals surface area contributed by atoms with Crippen molar-refractivity contribution in [3.8, 4) is 34.3 Å². The molecule has 3 fully saturated rings. The average molecular weight is 1230 g/mol. The molecular formula is C62H74F3N13O9S. The predicted molar refractivity (Wildman–Crippen MR) is 326 cm³/mol. The number of aryl methyl sites for hydroxylation is 1. The third-order valence-corrected chi connectivity index (χ3v) is 17.7. The van der Waals surface area contributed by atoms with E-state index in [1.54, 1.807) is 63.4 Å². The molecule has 88 heavy (non-hydrogen) atoms. The van der Waals surface area contributed by atoms with Gasteiger partial charge in [-0.15, -0.1) is 10.2 Å². The van der Waals surface area contributed by atoms with Crippen molar-refractivity contribution in [1.82, 2.24) is 44.7 Å². The molecule has 0 radical (unpaired) electrons. The Bertz CT molecular complexity index is 3680. The van der Waals surface area contributed by atoms with E-state index < -0.39 is 51.8 Å². The van der Waals surface area contributed by atoms with E-state index in [1.807, 2.05) is 54.4 Å². The van der Waals surface area contributed by atoms with Gasteiger partial charge in [0.15, 0.2) is 11.6 Å². The summed E-state index contributed by atoms with van der Waals surface area (Å²) in [5.74, 6) is -1.94. The number of hydrogen-bond acceptors (Lipinski definition) is 17. The minimum atomic E-state index is -4.72. The monoisotopic (exact) mass is 1230 g/mol. The molecule has 6 heterocycles. The van der Waals surface area contributed by atoms with E-state index in [4.69, 9.17) is 9.47 Å². The Kier molecular flexibility index (Phi) is 18.6. The molecule has 3 saturated heterocycles. The summed E-state index contributed by atoms with van der Waals surface area (Å²) in [5, 5.41) is 24.3. The Morgan fingerprint density at radius 3 is 2.15 bits per heavy atom. The number of phenolic OH excluding ortho intramolecular Hbond substituents is 1. The van der Waals surface area contributed by atoms with E-state index in [0.29, 0.717) is 74.1 Å². The van der Waals surface area contributed by atoms with Gasteiger partial charge >= 0.3 is 12.1 Å². The minimum absolute atomic E-state index is 0.0193. The van der Waals surface area contributed by atoms with E-state index in [0.717, 1.165) is 87.4 Å². The number of benzene rings is 4. The lowest BCUT2D eigenvalue weighted by molar-refractivity contribution is -0.149. The van der Waals surface area contributed by atoms with Crippen LogP contribution in [0.4, 0.5) is 47.7 Å². The number of sulfonamides is 1. The molecule has 6 aromatic rings. The van der Waals surface area contributed by atoms with Crippen LogP contribution in [-0.4, -0.2) is 168 Å². The number of esters is 1. The van der Waals surface area contributed by atoms with Gasteiger partial charge in [-0.25, -0.2) is 17.7 Å². The second kappa shape index (κ2) is 26.1. The number of piperazine rings is 1. The summed E-state index contributed by atoms with van der Waals surface area (Å²) < 4.78 is 81.7. The number of phenols is 1. The molecular weight excluding hydrogens is 1160 g/mol. The second-order valence-electron chi connectivity index (χ2n) is 23.1. The first-order chi connectivity index (χ1) is 42.0. The molecule has 4 aromatic carbocycles. The van der Waals surface area contributed by atoms with Crippen LogP contribution in [0.25, 0.3) is 17.1 Å². The van der Waals surface area contributed by atoms with Crippen molar-refractivity contribution in [1.29, 1.82) is 0 Å². The lowest BCUT2D eigenvalue weighted by Gasteiger charge is -2.40. The quantitative estimate of drug-likeness (QED) is 0.0541. The maximum Gasteiger partial charge on any atom is 0.408 e. The van der Waals surface area contributed by atoms with Crippen LogP contribution in [0.5, 0.6) is 17.2 Å². The number of aromatic nitrogens is 5. The number of anilines is 6. The van der Waals surface area contributed by atoms with Crippen molar-refractivity contribution < 1.29 is 55.3 Å². The average Bonchev–Trinajstić information content (AvgIpc) is 1.73. The number of ether oxygens (including phenoxy) is 2. The first kappa shape index (κ1) is 62.7. The zero-order valence-electron chi connectivity index (χ0n) is 50.4. The Morgan fingerprint density at radius 1 is 0.807 bits per heavy atom. The number of halogens is 3. The third kappa shape index (κ3) is 13.7. The van der Waals surface area contributed by atoms with Gasteiger partial charge in [-0.3, -0.25) is 28.6 Å². The van der Waals surface area contributed by atoms with Gasteiger partial charge in [-0.2, -0.15) is 18.2 Å². The number of nitrogens with one attached hydrogen (secondary N) is 2. The topological polar surface area (TPSA) is 241 Å². The fourth-order valence-electron chi connectivity index (χ4n) is 11.6. The summed E-state index contributed by atoms with van der Waals surface area (Å²) in [4.78, 5) is 73.4. The SMILES string of the molecule is CCOc1cc(N2CCC(C(=O)N3CCC(CN4CCN(Cc5ccc(-n6c(C(=O)NC(C)C(F)(F)F)nnc6-c6cc(CC)c(O)cc6OC(=O)C(C)C)cc5)CC4)CC3)CC2)ccc1Nc1ncc2c(n1)N(S(C)(=O)=O)c1ccccc1C(=O)N2C. The Morgan fingerprint density at radius 2 is 1.49 bits per heavy atom. The maximum absolute atomic E-state index is 14.0. The number of piperidine rings is 2. The number of amides is 3. The number of carbonyl (C=O) groups excluding carboxylic acids is 4. The molecule has 468 valence electrons. The standard InChI is InChI=1S/C62H74F3N13O9S/c1-8-42-32-47(52(34-51(42)79)87-60(83)38(3)4)54-70-71-56(57(80)67-39(5)62(63,64)65)77(54)44-16-14-40(15-17-44)36-73-28-30-74(31-29-73)37-41-20-24-76(25-21-41)58(81)43-22-26-75(27-23-43)45-18-19-48(53(33-45)86-9-2)68-61-66-35-50-55(69-61)78(88(7,84)85)49-13-11-10-12-46(49)59(82)72(50)6/h10-19,32-35,38-39,41,43,79H,8-9,20-31,36-37H2,1-7H3,(H,67,80)(H,66,68,69). The van der Waals surface area contributed by atoms with Gasteiger partial charge in [0.1, 0.15) is 29.0 Å². The molecule has 0 bridgehead atoms. The van der Waals surface area contributed by atoms with E-state index in [9.17, 15) is 45.9 Å². The summed E-state index contributed by atoms with van der Waals surface area (Å²) in [7, 11) is -2.40. The highest BCUT2D eigenvalue weighted by molar-refractivity contribution is 7.92. The summed E-state index contributed by atoms with van der Waals surface area (Å²) in [6.45, 7) is 16.0. The second-order valence-corrected chi connectivity index (χ2v) is 25.0. The molecule has 1 unspecified atom stereocenters. The van der Waals surface area contributed by atoms with Gasteiger partial charge in [0, 0.05) is 102 Å². The normalized spacial score (nSPS) is 16.9. The van der Waals surface area contributed by atoms with Crippen LogP contribution in [0.2, 0.25) is 0 Å². The largest absolute Gasteiger partial charge is 0.508 e. The number of hydrogen-bond donors (Lipinski definition) is 3. The predicted octanol–water partition coefficient (Wildman–Crippen LogP) is 8.34. The molecule has 4 aliphatic heterocycles. The smallest absolute Gasteiger partial charge is 0.408 e. The Hall–Kier alpha value is -8.36. The number of carbonyl (C=O) groups is 4. The lowest BCUT2D eigenvalue weighted by atomic mass is 9.91. The molecule has 3 amide bonds. The highest BCUT2D eigenvalue weighted by atomic mass is 32.2. The highest BCUT2D eigenvalue weighted by Crippen LogP contribution is 2.43. The van der Waals surface area contributed by atoms with E-state index >= 15 is 0 Å². The zero-order chi connectivity index (χ0) is 62.8. The highest BCUT2D eigenvalue weighted by Gasteiger charge is 2.40. The van der Waals surface area contributed by atoms with Crippen LogP contribution in [0, 0.1) is 17.8 Å². The van der Waals surface area contributed by atoms with Crippen LogP contribution in [-0.2, 0) is 32.6 Å². The Balaban J connectivity index is 0.711. The molecule has 4 aliphatic rings. The van der Waals surface area contributed by atoms with Crippen molar-refractivity contribution in [2.45, 2.75) is 85.5 Å². The van der Waals surface area contributed by atoms with Crippen molar-refractivity contribution in [3.05, 3.63) is 108 Å². The first-order valence-corrected chi connectivity index (χ1v) is 31.6. The minimum Gasteiger partial charge on any atom is -0.508 e. The van der Waals surface area contributed by atoms with Crippen LogP contribution in [0.3, 0.4) is 0 Å². The van der Waals surface area contributed by atoms with Crippen LogP contribution in [0.1, 0.15) is 92.4 Å². The molecule has 26 heteroatoms. The maximum atomic E-state index is 14.0. The third-order valence-electron chi connectivity index (χ3n) is 16.7. The number of nitrogens with zero attached hydrogens (tertiary/aromatic N) is 11. The molecule has 0 saturated carbocycles. The molecule has 10 rings (SSSR count). The first-order valence-electron chi connectivity index (χ1n) is 29.8. The summed E-state index contributed by atoms with van der Waals surface area (Å²) in [6.07, 6.45) is 1.45. The van der Waals surface area contributed by atoms with Gasteiger partial charge in [-0.05, 0) is 105 Å². The summed E-state index contributed by atoms with van der Waals surface area (Å²) in [5.41, 5.74) is 4.15.